The Labute approximate surface area is 104 Å². The summed E-state index contributed by atoms with van der Waals surface area (Å²) in [6.07, 6.45) is 0.853. The lowest BCUT2D eigenvalue weighted by atomic mass is 9.96. The Balaban J connectivity index is 2.76. The number of likely N-dealkylation sites (N-methyl/N-ethyl adjacent to an activating group) is 1. The van der Waals surface area contributed by atoms with Crippen LogP contribution >= 0.6 is 0 Å². The van der Waals surface area contributed by atoms with E-state index in [-0.39, 0.29) is 6.03 Å². The Bertz CT molecular complexity index is 399. The first-order valence-corrected chi connectivity index (χ1v) is 6.01. The molecule has 3 nitrogen and oxygen atoms in total. The predicted molar refractivity (Wildman–Crippen MR) is 71.2 cm³/mol. The molecule has 1 aromatic rings. The minimum absolute atomic E-state index is 0.373. The Morgan fingerprint density at radius 2 is 2.06 bits per heavy atom. The number of nitrogens with zero attached hydrogens (tertiary/aromatic N) is 1. The van der Waals surface area contributed by atoms with Gasteiger partial charge < -0.3 is 10.6 Å². The minimum atomic E-state index is -0.373. The summed E-state index contributed by atoms with van der Waals surface area (Å²) in [6.45, 7) is 7.13. The number of hydrogen-bond donors (Lipinski definition) is 1. The number of benzene rings is 1. The fourth-order valence-electron chi connectivity index (χ4n) is 1.72. The molecule has 1 aromatic carbocycles. The molecule has 0 aliphatic rings. The van der Waals surface area contributed by atoms with Gasteiger partial charge in [0.1, 0.15) is 0 Å². The van der Waals surface area contributed by atoms with Gasteiger partial charge >= 0.3 is 6.03 Å². The minimum Gasteiger partial charge on any atom is -0.351 e. The van der Waals surface area contributed by atoms with Crippen LogP contribution in [0, 0.1) is 6.92 Å². The molecule has 0 heterocycles. The zero-order valence-electron chi connectivity index (χ0n) is 11.2. The highest BCUT2D eigenvalue weighted by Crippen LogP contribution is 2.19. The van der Waals surface area contributed by atoms with E-state index in [4.69, 9.17) is 5.73 Å². The fourth-order valence-corrected chi connectivity index (χ4v) is 1.72. The Kier molecular flexibility index (Phi) is 4.55. The number of carbonyl (C=O) groups excluding carboxylic acids is 1. The Morgan fingerprint density at radius 1 is 1.41 bits per heavy atom. The number of hydrogen-bond acceptors (Lipinski definition) is 1. The lowest BCUT2D eigenvalue weighted by Crippen LogP contribution is -2.33. The molecule has 0 radical (unpaired) electrons. The first-order chi connectivity index (χ1) is 7.91. The van der Waals surface area contributed by atoms with Crippen LogP contribution in [0.3, 0.4) is 0 Å². The van der Waals surface area contributed by atoms with E-state index in [0.29, 0.717) is 12.5 Å². The highest BCUT2D eigenvalue weighted by Gasteiger charge is 2.07. The molecule has 0 aliphatic heterocycles. The molecule has 17 heavy (non-hydrogen) atoms. The summed E-state index contributed by atoms with van der Waals surface area (Å²) in [6, 6.07) is 6.17. The summed E-state index contributed by atoms with van der Waals surface area (Å²) < 4.78 is 0. The van der Waals surface area contributed by atoms with E-state index in [1.54, 1.807) is 11.9 Å². The van der Waals surface area contributed by atoms with Crippen molar-refractivity contribution in [2.75, 3.05) is 13.6 Å². The van der Waals surface area contributed by atoms with E-state index in [2.05, 4.69) is 39.0 Å². The van der Waals surface area contributed by atoms with Crippen molar-refractivity contribution < 1.29 is 4.79 Å². The van der Waals surface area contributed by atoms with Gasteiger partial charge in [-0.25, -0.2) is 4.79 Å². The number of rotatable bonds is 4. The van der Waals surface area contributed by atoms with Gasteiger partial charge in [0, 0.05) is 13.6 Å². The average Bonchev–Trinajstić information content (AvgIpc) is 2.26. The van der Waals surface area contributed by atoms with Gasteiger partial charge in [-0.05, 0) is 36.0 Å². The molecule has 0 fully saturated rings. The van der Waals surface area contributed by atoms with E-state index in [9.17, 15) is 4.79 Å². The van der Waals surface area contributed by atoms with E-state index in [1.165, 1.54) is 16.7 Å². The molecule has 0 saturated carbocycles. The van der Waals surface area contributed by atoms with Crippen LogP contribution in [0.15, 0.2) is 18.2 Å². The van der Waals surface area contributed by atoms with Gasteiger partial charge in [-0.1, -0.05) is 32.0 Å². The smallest absolute Gasteiger partial charge is 0.314 e. The van der Waals surface area contributed by atoms with Crippen molar-refractivity contribution in [3.63, 3.8) is 0 Å². The van der Waals surface area contributed by atoms with Crippen LogP contribution < -0.4 is 5.73 Å². The maximum absolute atomic E-state index is 10.9. The van der Waals surface area contributed by atoms with Crippen molar-refractivity contribution in [1.82, 2.24) is 4.90 Å². The first-order valence-electron chi connectivity index (χ1n) is 6.01. The van der Waals surface area contributed by atoms with Crippen molar-refractivity contribution in [1.29, 1.82) is 0 Å². The van der Waals surface area contributed by atoms with Gasteiger partial charge in [0.15, 0.2) is 0 Å². The monoisotopic (exact) mass is 234 g/mol. The number of primary amides is 1. The summed E-state index contributed by atoms with van der Waals surface area (Å²) in [5, 5.41) is 0. The maximum Gasteiger partial charge on any atom is 0.314 e. The standard InChI is InChI=1S/C14H22N2O/c1-10(2)12-6-5-11(3)13(9-12)7-8-16(4)14(15)17/h5-6,9-10H,7-8H2,1-4H3,(H2,15,17). The maximum atomic E-state index is 10.9. The highest BCUT2D eigenvalue weighted by molar-refractivity contribution is 5.71. The SMILES string of the molecule is Cc1ccc(C(C)C)cc1CCN(C)C(N)=O. The normalized spacial score (nSPS) is 10.6. The molecule has 0 bridgehead atoms. The molecule has 0 spiro atoms. The quantitative estimate of drug-likeness (QED) is 0.855. The molecule has 3 heteroatoms. The van der Waals surface area contributed by atoms with Gasteiger partial charge in [-0.15, -0.1) is 0 Å². The zero-order chi connectivity index (χ0) is 13.0. The summed E-state index contributed by atoms with van der Waals surface area (Å²) in [5.41, 5.74) is 9.11. The first kappa shape index (κ1) is 13.6. The molecule has 94 valence electrons. The van der Waals surface area contributed by atoms with Gasteiger partial charge in [0.25, 0.3) is 0 Å². The van der Waals surface area contributed by atoms with Gasteiger partial charge in [0.05, 0.1) is 0 Å². The van der Waals surface area contributed by atoms with E-state index < -0.39 is 0 Å². The van der Waals surface area contributed by atoms with Crippen LogP contribution in [0.2, 0.25) is 0 Å². The second kappa shape index (κ2) is 5.71. The van der Waals surface area contributed by atoms with Crippen molar-refractivity contribution in [2.24, 2.45) is 5.73 Å². The molecule has 0 saturated heterocycles. The summed E-state index contributed by atoms with van der Waals surface area (Å²) in [7, 11) is 1.73. The zero-order valence-corrected chi connectivity index (χ0v) is 11.2. The predicted octanol–water partition coefficient (Wildman–Crippen LogP) is 2.67. The number of carbonyl (C=O) groups is 1. The van der Waals surface area contributed by atoms with Crippen LogP contribution in [0.5, 0.6) is 0 Å². The Hall–Kier alpha value is -1.51. The second-order valence-corrected chi connectivity index (χ2v) is 4.85. The van der Waals surface area contributed by atoms with Crippen molar-refractivity contribution in [3.8, 4) is 0 Å². The molecule has 0 aromatic heterocycles. The van der Waals surface area contributed by atoms with Gasteiger partial charge in [-0.3, -0.25) is 0 Å². The van der Waals surface area contributed by atoms with Crippen LogP contribution in [0.4, 0.5) is 4.79 Å². The molecule has 0 unspecified atom stereocenters. The summed E-state index contributed by atoms with van der Waals surface area (Å²) in [4.78, 5) is 12.5. The summed E-state index contributed by atoms with van der Waals surface area (Å²) in [5.74, 6) is 0.531. The van der Waals surface area contributed by atoms with Crippen molar-refractivity contribution >= 4 is 6.03 Å². The third-order valence-electron chi connectivity index (χ3n) is 3.13. The molecule has 0 aliphatic carbocycles. The molecule has 0 atom stereocenters. The lowest BCUT2D eigenvalue weighted by molar-refractivity contribution is 0.219. The van der Waals surface area contributed by atoms with E-state index in [0.717, 1.165) is 6.42 Å². The molecular weight excluding hydrogens is 212 g/mol. The number of urea groups is 1. The van der Waals surface area contributed by atoms with Crippen LogP contribution in [0.25, 0.3) is 0 Å². The molecular formula is C14H22N2O. The largest absolute Gasteiger partial charge is 0.351 e. The second-order valence-electron chi connectivity index (χ2n) is 4.85. The fraction of sp³-hybridized carbons (Fsp3) is 0.500. The van der Waals surface area contributed by atoms with E-state index in [1.807, 2.05) is 0 Å². The van der Waals surface area contributed by atoms with Crippen molar-refractivity contribution in [3.05, 3.63) is 34.9 Å². The van der Waals surface area contributed by atoms with Crippen LogP contribution in [-0.4, -0.2) is 24.5 Å². The van der Waals surface area contributed by atoms with Crippen molar-refractivity contribution in [2.45, 2.75) is 33.1 Å². The molecule has 2 amide bonds. The molecule has 1 rings (SSSR count). The number of amides is 2. The highest BCUT2D eigenvalue weighted by atomic mass is 16.2. The third-order valence-corrected chi connectivity index (χ3v) is 3.13. The van der Waals surface area contributed by atoms with Gasteiger partial charge in [-0.2, -0.15) is 0 Å². The Morgan fingerprint density at radius 3 is 2.59 bits per heavy atom. The van der Waals surface area contributed by atoms with E-state index >= 15 is 0 Å². The van der Waals surface area contributed by atoms with Crippen LogP contribution in [-0.2, 0) is 6.42 Å². The summed E-state index contributed by atoms with van der Waals surface area (Å²) >= 11 is 0. The van der Waals surface area contributed by atoms with Gasteiger partial charge in [0.2, 0.25) is 0 Å². The third kappa shape index (κ3) is 3.77. The average molecular weight is 234 g/mol. The topological polar surface area (TPSA) is 46.3 Å². The lowest BCUT2D eigenvalue weighted by Gasteiger charge is -2.16. The number of aryl methyl sites for hydroxylation is 1. The number of nitrogens with two attached hydrogens (primary N) is 1. The van der Waals surface area contributed by atoms with Crippen LogP contribution in [0.1, 0.15) is 36.5 Å². The molecule has 2 N–H and O–H groups in total.